The molecule has 0 radical (unpaired) electrons. The van der Waals surface area contributed by atoms with E-state index < -0.39 is 0 Å². The van der Waals surface area contributed by atoms with Crippen LogP contribution in [0.15, 0.2) is 0 Å². The summed E-state index contributed by atoms with van der Waals surface area (Å²) in [6, 6.07) is -0.321. The molecule has 1 saturated carbocycles. The van der Waals surface area contributed by atoms with E-state index in [1.165, 1.54) is 7.11 Å². The first kappa shape index (κ1) is 11.4. The molecule has 0 aromatic carbocycles. The van der Waals surface area contributed by atoms with Gasteiger partial charge >= 0.3 is 5.97 Å². The standard InChI is InChI=1S/C12H19NO3/c1-16-12(15)10-7-4-8-13(10)11(14)9-5-2-3-6-9/h9-10H,2-8H2,1H3. The maximum absolute atomic E-state index is 12.2. The Bertz CT molecular complexity index is 284. The molecule has 0 N–H and O–H groups in total. The average molecular weight is 225 g/mol. The Labute approximate surface area is 95.9 Å². The molecule has 0 spiro atoms. The lowest BCUT2D eigenvalue weighted by molar-refractivity contribution is -0.152. The van der Waals surface area contributed by atoms with E-state index in [1.54, 1.807) is 4.90 Å². The molecule has 0 aromatic heterocycles. The predicted octanol–water partition coefficient (Wildman–Crippen LogP) is 1.34. The van der Waals surface area contributed by atoms with Crippen molar-refractivity contribution >= 4 is 11.9 Å². The highest BCUT2D eigenvalue weighted by molar-refractivity contribution is 5.86. The summed E-state index contributed by atoms with van der Waals surface area (Å²) in [4.78, 5) is 25.5. The molecule has 90 valence electrons. The monoisotopic (exact) mass is 225 g/mol. The van der Waals surface area contributed by atoms with Crippen LogP contribution in [0.3, 0.4) is 0 Å². The second-order valence-electron chi connectivity index (χ2n) is 4.69. The zero-order valence-corrected chi connectivity index (χ0v) is 9.78. The number of hydrogen-bond acceptors (Lipinski definition) is 3. The summed E-state index contributed by atoms with van der Waals surface area (Å²) in [5.74, 6) is 0.0690. The topological polar surface area (TPSA) is 46.6 Å². The summed E-state index contributed by atoms with van der Waals surface area (Å²) in [5.41, 5.74) is 0. The van der Waals surface area contributed by atoms with Crippen LogP contribution in [0, 0.1) is 5.92 Å². The molecular weight excluding hydrogens is 206 g/mol. The van der Waals surface area contributed by atoms with Gasteiger partial charge in [-0.15, -0.1) is 0 Å². The molecule has 1 aliphatic heterocycles. The summed E-state index contributed by atoms with van der Waals surface area (Å²) in [7, 11) is 1.39. The van der Waals surface area contributed by atoms with Crippen LogP contribution in [0.25, 0.3) is 0 Å². The van der Waals surface area contributed by atoms with Crippen LogP contribution in [0.4, 0.5) is 0 Å². The van der Waals surface area contributed by atoms with E-state index in [9.17, 15) is 9.59 Å². The van der Waals surface area contributed by atoms with Gasteiger partial charge in [-0.3, -0.25) is 4.79 Å². The minimum absolute atomic E-state index is 0.158. The SMILES string of the molecule is COC(=O)C1CCCN1C(=O)C1CCCC1. The van der Waals surface area contributed by atoms with E-state index in [4.69, 9.17) is 4.74 Å². The lowest BCUT2D eigenvalue weighted by Gasteiger charge is -2.25. The van der Waals surface area contributed by atoms with Crippen molar-refractivity contribution in [3.05, 3.63) is 0 Å². The quantitative estimate of drug-likeness (QED) is 0.666. The largest absolute Gasteiger partial charge is 0.467 e. The average Bonchev–Trinajstić information content (AvgIpc) is 2.97. The fourth-order valence-corrected chi connectivity index (χ4v) is 2.82. The number of ether oxygens (including phenoxy) is 1. The van der Waals surface area contributed by atoms with Crippen LogP contribution in [0.2, 0.25) is 0 Å². The summed E-state index contributed by atoms with van der Waals surface area (Å²) >= 11 is 0. The highest BCUT2D eigenvalue weighted by Gasteiger charge is 2.38. The molecule has 2 fully saturated rings. The smallest absolute Gasteiger partial charge is 0.328 e. The predicted molar refractivity (Wildman–Crippen MR) is 58.7 cm³/mol. The van der Waals surface area contributed by atoms with E-state index in [1.807, 2.05) is 0 Å². The van der Waals surface area contributed by atoms with Crippen LogP contribution in [-0.2, 0) is 14.3 Å². The van der Waals surface area contributed by atoms with Gasteiger partial charge in [0.05, 0.1) is 7.11 Å². The van der Waals surface area contributed by atoms with Gasteiger partial charge in [-0.25, -0.2) is 4.79 Å². The van der Waals surface area contributed by atoms with E-state index in [0.29, 0.717) is 0 Å². The van der Waals surface area contributed by atoms with Crippen LogP contribution in [0.1, 0.15) is 38.5 Å². The third-order valence-electron chi connectivity index (χ3n) is 3.71. The molecule has 2 aliphatic rings. The van der Waals surface area contributed by atoms with E-state index in [2.05, 4.69) is 0 Å². The molecule has 1 heterocycles. The number of carbonyl (C=O) groups excluding carboxylic acids is 2. The minimum atomic E-state index is -0.321. The van der Waals surface area contributed by atoms with Crippen LogP contribution in [0.5, 0.6) is 0 Å². The number of methoxy groups -OCH3 is 1. The van der Waals surface area contributed by atoms with E-state index in [0.717, 1.165) is 45.1 Å². The van der Waals surface area contributed by atoms with E-state index in [-0.39, 0.29) is 23.8 Å². The number of nitrogens with zero attached hydrogens (tertiary/aromatic N) is 1. The minimum Gasteiger partial charge on any atom is -0.467 e. The molecule has 4 heteroatoms. The number of esters is 1. The summed E-state index contributed by atoms with van der Waals surface area (Å²) in [6.07, 6.45) is 5.94. The Balaban J connectivity index is 2.01. The Morgan fingerprint density at radius 1 is 1.12 bits per heavy atom. The molecule has 1 unspecified atom stereocenters. The van der Waals surface area contributed by atoms with Gasteiger partial charge < -0.3 is 9.64 Å². The number of carbonyl (C=O) groups is 2. The van der Waals surface area contributed by atoms with Crippen molar-refractivity contribution in [2.45, 2.75) is 44.6 Å². The van der Waals surface area contributed by atoms with Gasteiger partial charge in [0.2, 0.25) is 5.91 Å². The van der Waals surface area contributed by atoms with Gasteiger partial charge in [0.15, 0.2) is 0 Å². The van der Waals surface area contributed by atoms with E-state index >= 15 is 0 Å². The highest BCUT2D eigenvalue weighted by atomic mass is 16.5. The summed E-state index contributed by atoms with van der Waals surface area (Å²) < 4.78 is 4.74. The molecule has 4 nitrogen and oxygen atoms in total. The lowest BCUT2D eigenvalue weighted by Crippen LogP contribution is -2.43. The zero-order valence-electron chi connectivity index (χ0n) is 9.78. The van der Waals surface area contributed by atoms with Crippen molar-refractivity contribution < 1.29 is 14.3 Å². The Hall–Kier alpha value is -1.06. The maximum Gasteiger partial charge on any atom is 0.328 e. The molecule has 1 aliphatic carbocycles. The highest BCUT2D eigenvalue weighted by Crippen LogP contribution is 2.29. The molecule has 1 amide bonds. The van der Waals surface area contributed by atoms with Gasteiger partial charge in [-0.1, -0.05) is 12.8 Å². The fraction of sp³-hybridized carbons (Fsp3) is 0.833. The molecule has 0 aromatic rings. The lowest BCUT2D eigenvalue weighted by atomic mass is 10.1. The fourth-order valence-electron chi connectivity index (χ4n) is 2.82. The molecule has 0 bridgehead atoms. The third kappa shape index (κ3) is 2.06. The number of likely N-dealkylation sites (tertiary alicyclic amines) is 1. The summed E-state index contributed by atoms with van der Waals surface area (Å²) in [6.45, 7) is 0.717. The van der Waals surface area contributed by atoms with Crippen molar-refractivity contribution in [3.63, 3.8) is 0 Å². The molecule has 16 heavy (non-hydrogen) atoms. The van der Waals surface area contributed by atoms with Crippen molar-refractivity contribution in [3.8, 4) is 0 Å². The first-order valence-corrected chi connectivity index (χ1v) is 6.12. The molecule has 2 rings (SSSR count). The van der Waals surface area contributed by atoms with Crippen LogP contribution < -0.4 is 0 Å². The van der Waals surface area contributed by atoms with Crippen molar-refractivity contribution in [1.29, 1.82) is 0 Å². The molecule has 1 saturated heterocycles. The Morgan fingerprint density at radius 2 is 1.81 bits per heavy atom. The van der Waals surface area contributed by atoms with Gasteiger partial charge in [-0.05, 0) is 25.7 Å². The second kappa shape index (κ2) is 4.85. The summed E-state index contributed by atoms with van der Waals surface area (Å²) in [5, 5.41) is 0. The Morgan fingerprint density at radius 3 is 2.44 bits per heavy atom. The second-order valence-corrected chi connectivity index (χ2v) is 4.69. The van der Waals surface area contributed by atoms with Gasteiger partial charge in [0.25, 0.3) is 0 Å². The van der Waals surface area contributed by atoms with Crippen LogP contribution >= 0.6 is 0 Å². The van der Waals surface area contributed by atoms with Crippen molar-refractivity contribution in [1.82, 2.24) is 4.90 Å². The Kier molecular flexibility index (Phi) is 3.46. The first-order chi connectivity index (χ1) is 7.74. The zero-order chi connectivity index (χ0) is 11.5. The maximum atomic E-state index is 12.2. The van der Waals surface area contributed by atoms with Gasteiger partial charge in [-0.2, -0.15) is 0 Å². The van der Waals surface area contributed by atoms with Crippen molar-refractivity contribution in [2.24, 2.45) is 5.92 Å². The van der Waals surface area contributed by atoms with Gasteiger partial charge in [0, 0.05) is 12.5 Å². The third-order valence-corrected chi connectivity index (χ3v) is 3.71. The van der Waals surface area contributed by atoms with Gasteiger partial charge in [0.1, 0.15) is 6.04 Å². The number of hydrogen-bond donors (Lipinski definition) is 0. The number of rotatable bonds is 2. The van der Waals surface area contributed by atoms with Crippen molar-refractivity contribution in [2.75, 3.05) is 13.7 Å². The first-order valence-electron chi connectivity index (χ1n) is 6.12. The van der Waals surface area contributed by atoms with Crippen LogP contribution in [-0.4, -0.2) is 36.5 Å². The molecule has 1 atom stereocenters. The normalized spacial score (nSPS) is 26.1. The molecular formula is C12H19NO3. The number of amides is 1.